The molecule has 0 saturated carbocycles. The van der Waals surface area contributed by atoms with Crippen molar-refractivity contribution in [1.29, 1.82) is 0 Å². The predicted octanol–water partition coefficient (Wildman–Crippen LogP) is 3.35. The van der Waals surface area contributed by atoms with Crippen molar-refractivity contribution in [3.05, 3.63) is 48.0 Å². The van der Waals surface area contributed by atoms with Crippen LogP contribution in [0.3, 0.4) is 0 Å². The van der Waals surface area contributed by atoms with Gasteiger partial charge in [0.1, 0.15) is 0 Å². The number of alkyl halides is 3. The molecule has 0 aromatic heterocycles. The molecular formula is C10H9F3. The monoisotopic (exact) mass is 186 g/mol. The van der Waals surface area contributed by atoms with Crippen LogP contribution in [0.4, 0.5) is 13.2 Å². The van der Waals surface area contributed by atoms with Crippen LogP contribution in [0.15, 0.2) is 42.5 Å². The van der Waals surface area contributed by atoms with Crippen LogP contribution in [0.1, 0.15) is 5.56 Å². The Morgan fingerprint density at radius 2 is 1.69 bits per heavy atom. The van der Waals surface area contributed by atoms with Crippen LogP contribution in [-0.2, 0) is 6.42 Å². The average Bonchev–Trinajstić information content (AvgIpc) is 2.04. The Labute approximate surface area is 74.7 Å². The molecule has 0 nitrogen and oxygen atoms in total. The largest absolute Gasteiger partial charge is 0.409 e. The highest BCUT2D eigenvalue weighted by Crippen LogP contribution is 2.16. The van der Waals surface area contributed by atoms with Gasteiger partial charge in [0, 0.05) is 6.08 Å². The molecule has 0 fully saturated rings. The van der Waals surface area contributed by atoms with Gasteiger partial charge in [-0.15, -0.1) is 0 Å². The standard InChI is InChI=1S/C10H9F3/c11-10(12,13)8-4-7-9-5-2-1-3-6-9/h1-6,8H,7H2/b8-4+. The summed E-state index contributed by atoms with van der Waals surface area (Å²) in [6.07, 6.45) is -2.50. The van der Waals surface area contributed by atoms with Crippen LogP contribution in [0.25, 0.3) is 0 Å². The van der Waals surface area contributed by atoms with Crippen molar-refractivity contribution in [3.8, 4) is 0 Å². The third-order valence-electron chi connectivity index (χ3n) is 1.50. The summed E-state index contributed by atoms with van der Waals surface area (Å²) in [6.45, 7) is 0. The van der Waals surface area contributed by atoms with Gasteiger partial charge < -0.3 is 0 Å². The number of benzene rings is 1. The lowest BCUT2D eigenvalue weighted by molar-refractivity contribution is -0.0800. The fraction of sp³-hybridized carbons (Fsp3) is 0.200. The lowest BCUT2D eigenvalue weighted by Gasteiger charge is -1.97. The fourth-order valence-electron chi connectivity index (χ4n) is 0.943. The molecule has 0 heterocycles. The minimum absolute atomic E-state index is 0.264. The number of halogens is 3. The molecule has 0 saturated heterocycles. The first kappa shape index (κ1) is 9.84. The number of allylic oxidation sites excluding steroid dienone is 2. The minimum atomic E-state index is -4.20. The van der Waals surface area contributed by atoms with Crippen molar-refractivity contribution in [3.63, 3.8) is 0 Å². The zero-order chi connectivity index (χ0) is 9.73. The second kappa shape index (κ2) is 4.12. The van der Waals surface area contributed by atoms with E-state index in [0.29, 0.717) is 6.42 Å². The lowest BCUT2D eigenvalue weighted by atomic mass is 10.1. The molecule has 1 aromatic carbocycles. The zero-order valence-corrected chi connectivity index (χ0v) is 6.88. The summed E-state index contributed by atoms with van der Waals surface area (Å²) in [4.78, 5) is 0. The van der Waals surface area contributed by atoms with E-state index in [9.17, 15) is 13.2 Å². The Morgan fingerprint density at radius 1 is 1.08 bits per heavy atom. The summed E-state index contributed by atoms with van der Waals surface area (Å²) in [7, 11) is 0. The summed E-state index contributed by atoms with van der Waals surface area (Å²) in [5, 5.41) is 0. The van der Waals surface area contributed by atoms with Crippen molar-refractivity contribution in [2.45, 2.75) is 12.6 Å². The molecule has 13 heavy (non-hydrogen) atoms. The first-order chi connectivity index (χ1) is 6.08. The van der Waals surface area contributed by atoms with Crippen LogP contribution < -0.4 is 0 Å². The molecule has 0 unspecified atom stereocenters. The smallest absolute Gasteiger partial charge is 0.167 e. The number of hydrogen-bond donors (Lipinski definition) is 0. The molecule has 0 radical (unpaired) electrons. The Balaban J connectivity index is 2.49. The minimum Gasteiger partial charge on any atom is -0.167 e. The molecular weight excluding hydrogens is 177 g/mol. The third-order valence-corrected chi connectivity index (χ3v) is 1.50. The zero-order valence-electron chi connectivity index (χ0n) is 6.88. The van der Waals surface area contributed by atoms with Crippen LogP contribution in [-0.4, -0.2) is 6.18 Å². The van der Waals surface area contributed by atoms with Gasteiger partial charge in [-0.3, -0.25) is 0 Å². The lowest BCUT2D eigenvalue weighted by Crippen LogP contribution is -2.00. The molecule has 0 aliphatic heterocycles. The van der Waals surface area contributed by atoms with Crippen LogP contribution in [0.5, 0.6) is 0 Å². The third kappa shape index (κ3) is 4.35. The van der Waals surface area contributed by atoms with Gasteiger partial charge in [0.2, 0.25) is 0 Å². The molecule has 0 aliphatic carbocycles. The van der Waals surface area contributed by atoms with E-state index in [2.05, 4.69) is 0 Å². The van der Waals surface area contributed by atoms with Gasteiger partial charge in [-0.2, -0.15) is 13.2 Å². The van der Waals surface area contributed by atoms with Crippen molar-refractivity contribution >= 4 is 0 Å². The summed E-state index contributed by atoms with van der Waals surface area (Å²) >= 11 is 0. The highest BCUT2D eigenvalue weighted by molar-refractivity contribution is 5.17. The maximum absolute atomic E-state index is 11.7. The SMILES string of the molecule is FC(F)(F)/C=C/Cc1ccccc1. The molecule has 0 atom stereocenters. The second-order valence-corrected chi connectivity index (χ2v) is 2.63. The van der Waals surface area contributed by atoms with Gasteiger partial charge in [0.25, 0.3) is 0 Å². The molecule has 1 aromatic rings. The molecule has 0 amide bonds. The van der Waals surface area contributed by atoms with Crippen LogP contribution in [0.2, 0.25) is 0 Å². The molecule has 70 valence electrons. The molecule has 1 rings (SSSR count). The average molecular weight is 186 g/mol. The van der Waals surface area contributed by atoms with Crippen molar-refractivity contribution in [1.82, 2.24) is 0 Å². The summed E-state index contributed by atoms with van der Waals surface area (Å²) < 4.78 is 35.0. The maximum Gasteiger partial charge on any atom is 0.409 e. The van der Waals surface area contributed by atoms with Crippen molar-refractivity contribution in [2.24, 2.45) is 0 Å². The number of rotatable bonds is 2. The van der Waals surface area contributed by atoms with Gasteiger partial charge in [-0.1, -0.05) is 36.4 Å². The van der Waals surface area contributed by atoms with E-state index in [1.165, 1.54) is 0 Å². The van der Waals surface area contributed by atoms with Crippen molar-refractivity contribution in [2.75, 3.05) is 0 Å². The van der Waals surface area contributed by atoms with E-state index in [4.69, 9.17) is 0 Å². The van der Waals surface area contributed by atoms with E-state index >= 15 is 0 Å². The number of hydrogen-bond acceptors (Lipinski definition) is 0. The normalized spacial score (nSPS) is 12.2. The Hall–Kier alpha value is -1.25. The summed E-state index contributed by atoms with van der Waals surface area (Å²) in [5.41, 5.74) is 0.878. The van der Waals surface area contributed by atoms with Crippen LogP contribution >= 0.6 is 0 Å². The van der Waals surface area contributed by atoms with E-state index in [0.717, 1.165) is 11.6 Å². The van der Waals surface area contributed by atoms with Crippen LogP contribution in [0, 0.1) is 0 Å². The van der Waals surface area contributed by atoms with E-state index in [-0.39, 0.29) is 6.08 Å². The summed E-state index contributed by atoms with van der Waals surface area (Å²) in [5.74, 6) is 0. The van der Waals surface area contributed by atoms with Gasteiger partial charge in [-0.05, 0) is 12.0 Å². The molecule has 0 spiro atoms. The van der Waals surface area contributed by atoms with E-state index in [1.807, 2.05) is 6.07 Å². The quantitative estimate of drug-likeness (QED) is 0.621. The summed E-state index contributed by atoms with van der Waals surface area (Å²) in [6, 6.07) is 9.02. The Kier molecular flexibility index (Phi) is 3.12. The van der Waals surface area contributed by atoms with Gasteiger partial charge in [-0.25, -0.2) is 0 Å². The molecule has 0 bridgehead atoms. The van der Waals surface area contributed by atoms with Crippen molar-refractivity contribution < 1.29 is 13.2 Å². The van der Waals surface area contributed by atoms with E-state index in [1.54, 1.807) is 24.3 Å². The second-order valence-electron chi connectivity index (χ2n) is 2.63. The molecule has 3 heteroatoms. The highest BCUT2D eigenvalue weighted by Gasteiger charge is 2.21. The highest BCUT2D eigenvalue weighted by atomic mass is 19.4. The first-order valence-electron chi connectivity index (χ1n) is 3.86. The van der Waals surface area contributed by atoms with Gasteiger partial charge in [0.05, 0.1) is 0 Å². The Morgan fingerprint density at radius 3 is 2.23 bits per heavy atom. The maximum atomic E-state index is 11.7. The molecule has 0 aliphatic rings. The Bertz CT molecular complexity index is 272. The van der Waals surface area contributed by atoms with Gasteiger partial charge >= 0.3 is 6.18 Å². The van der Waals surface area contributed by atoms with E-state index < -0.39 is 6.18 Å². The van der Waals surface area contributed by atoms with Gasteiger partial charge in [0.15, 0.2) is 0 Å². The predicted molar refractivity (Wildman–Crippen MR) is 45.3 cm³/mol. The topological polar surface area (TPSA) is 0 Å². The molecule has 0 N–H and O–H groups in total. The fourth-order valence-corrected chi connectivity index (χ4v) is 0.943. The first-order valence-corrected chi connectivity index (χ1v) is 3.86.